The van der Waals surface area contributed by atoms with Gasteiger partial charge in [0.15, 0.2) is 0 Å². The van der Waals surface area contributed by atoms with E-state index in [4.69, 9.17) is 5.11 Å². The highest BCUT2D eigenvalue weighted by Gasteiger charge is 2.24. The van der Waals surface area contributed by atoms with E-state index in [9.17, 15) is 13.2 Å². The van der Waals surface area contributed by atoms with Crippen molar-refractivity contribution in [2.45, 2.75) is 25.7 Å². The first-order chi connectivity index (χ1) is 9.22. The van der Waals surface area contributed by atoms with Crippen molar-refractivity contribution in [1.82, 2.24) is 0 Å². The standard InChI is InChI=1S/C12H13NO4S3/c1-6-5-18-11(12(14)15)10(6)13-20(16,17)9-4-7(2)19-8(9)3/h4-5,13H,1-3H3,(H,14,15). The molecule has 8 heteroatoms. The number of nitrogens with one attached hydrogen (secondary N) is 1. The Kier molecular flexibility index (Phi) is 3.90. The van der Waals surface area contributed by atoms with Crippen LogP contribution in [0.4, 0.5) is 5.69 Å². The van der Waals surface area contributed by atoms with Crippen LogP contribution >= 0.6 is 22.7 Å². The lowest BCUT2D eigenvalue weighted by molar-refractivity contribution is 0.0703. The summed E-state index contributed by atoms with van der Waals surface area (Å²) in [6.07, 6.45) is 0. The van der Waals surface area contributed by atoms with E-state index in [1.807, 2.05) is 6.92 Å². The van der Waals surface area contributed by atoms with Crippen LogP contribution < -0.4 is 4.72 Å². The summed E-state index contributed by atoms with van der Waals surface area (Å²) in [7, 11) is -3.77. The van der Waals surface area contributed by atoms with Crippen LogP contribution in [0.1, 0.15) is 25.0 Å². The summed E-state index contributed by atoms with van der Waals surface area (Å²) in [5.74, 6) is -1.14. The summed E-state index contributed by atoms with van der Waals surface area (Å²) in [4.78, 5) is 12.9. The third-order valence-corrected chi connectivity index (χ3v) is 6.35. The highest BCUT2D eigenvalue weighted by Crippen LogP contribution is 2.32. The predicted octanol–water partition coefficient (Wildman–Crippen LogP) is 3.23. The van der Waals surface area contributed by atoms with Crippen LogP contribution in [0.5, 0.6) is 0 Å². The lowest BCUT2D eigenvalue weighted by Crippen LogP contribution is -2.15. The highest BCUT2D eigenvalue weighted by molar-refractivity contribution is 7.93. The number of anilines is 1. The second-order valence-corrected chi connectivity index (χ2v) is 8.30. The number of rotatable bonds is 4. The monoisotopic (exact) mass is 331 g/mol. The van der Waals surface area contributed by atoms with E-state index in [2.05, 4.69) is 4.72 Å². The van der Waals surface area contributed by atoms with Crippen molar-refractivity contribution < 1.29 is 18.3 Å². The number of aryl methyl sites for hydroxylation is 3. The fourth-order valence-electron chi connectivity index (χ4n) is 1.79. The van der Waals surface area contributed by atoms with E-state index in [0.717, 1.165) is 16.2 Å². The molecule has 2 N–H and O–H groups in total. The molecule has 0 aromatic carbocycles. The normalized spacial score (nSPS) is 11.6. The minimum atomic E-state index is -3.77. The molecule has 0 unspecified atom stereocenters. The van der Waals surface area contributed by atoms with E-state index in [0.29, 0.717) is 10.4 Å². The summed E-state index contributed by atoms with van der Waals surface area (Å²) < 4.78 is 27.1. The summed E-state index contributed by atoms with van der Waals surface area (Å²) in [6.45, 7) is 5.23. The van der Waals surface area contributed by atoms with Crippen LogP contribution in [0.3, 0.4) is 0 Å². The number of carboxylic acid groups (broad SMARTS) is 1. The minimum Gasteiger partial charge on any atom is -0.477 e. The van der Waals surface area contributed by atoms with Crippen molar-refractivity contribution in [1.29, 1.82) is 0 Å². The van der Waals surface area contributed by atoms with Gasteiger partial charge in [-0.25, -0.2) is 13.2 Å². The number of carboxylic acids is 1. The Balaban J connectivity index is 2.46. The maximum atomic E-state index is 12.4. The molecule has 5 nitrogen and oxygen atoms in total. The molecule has 20 heavy (non-hydrogen) atoms. The smallest absolute Gasteiger partial charge is 0.348 e. The number of thiophene rings is 2. The molecule has 0 radical (unpaired) electrons. The van der Waals surface area contributed by atoms with Gasteiger partial charge in [0.1, 0.15) is 9.77 Å². The largest absolute Gasteiger partial charge is 0.477 e. The topological polar surface area (TPSA) is 83.5 Å². The molecule has 0 atom stereocenters. The molecule has 0 fully saturated rings. The fraction of sp³-hybridized carbons (Fsp3) is 0.250. The Morgan fingerprint density at radius 2 is 1.95 bits per heavy atom. The van der Waals surface area contributed by atoms with Crippen LogP contribution in [0.2, 0.25) is 0 Å². The fourth-order valence-corrected chi connectivity index (χ4v) is 5.40. The van der Waals surface area contributed by atoms with Gasteiger partial charge in [-0.2, -0.15) is 0 Å². The second-order valence-electron chi connectivity index (χ2n) is 4.31. The number of sulfonamides is 1. The maximum Gasteiger partial charge on any atom is 0.348 e. The molecule has 0 saturated heterocycles. The van der Waals surface area contributed by atoms with Gasteiger partial charge in [-0.05, 0) is 37.8 Å². The van der Waals surface area contributed by atoms with Crippen molar-refractivity contribution >= 4 is 44.4 Å². The average molecular weight is 331 g/mol. The molecule has 0 amide bonds. The van der Waals surface area contributed by atoms with E-state index in [-0.39, 0.29) is 15.5 Å². The predicted molar refractivity (Wildman–Crippen MR) is 80.6 cm³/mol. The highest BCUT2D eigenvalue weighted by atomic mass is 32.2. The van der Waals surface area contributed by atoms with Crippen molar-refractivity contribution in [3.8, 4) is 0 Å². The molecule has 2 heterocycles. The van der Waals surface area contributed by atoms with E-state index < -0.39 is 16.0 Å². The maximum absolute atomic E-state index is 12.4. The Bertz CT molecular complexity index is 771. The van der Waals surface area contributed by atoms with Gasteiger partial charge in [-0.3, -0.25) is 4.72 Å². The first-order valence-corrected chi connectivity index (χ1v) is 8.81. The Hall–Kier alpha value is -1.38. The first kappa shape index (κ1) is 15.0. The SMILES string of the molecule is Cc1cc(S(=O)(=O)Nc2c(C)csc2C(=O)O)c(C)s1. The quantitative estimate of drug-likeness (QED) is 0.901. The van der Waals surface area contributed by atoms with Gasteiger partial charge < -0.3 is 5.11 Å². The molecule has 0 aliphatic rings. The van der Waals surface area contributed by atoms with Gasteiger partial charge in [0.2, 0.25) is 0 Å². The molecule has 0 aliphatic carbocycles. The molecule has 2 rings (SSSR count). The number of hydrogen-bond donors (Lipinski definition) is 2. The zero-order chi connectivity index (χ0) is 15.1. The van der Waals surface area contributed by atoms with Crippen molar-refractivity contribution in [3.63, 3.8) is 0 Å². The number of hydrogen-bond acceptors (Lipinski definition) is 5. The van der Waals surface area contributed by atoms with E-state index in [1.54, 1.807) is 25.3 Å². The molecule has 2 aromatic heterocycles. The van der Waals surface area contributed by atoms with Crippen LogP contribution in [0.25, 0.3) is 0 Å². The first-order valence-electron chi connectivity index (χ1n) is 5.63. The molecular formula is C12H13NO4S3. The Morgan fingerprint density at radius 3 is 2.45 bits per heavy atom. The molecule has 0 aliphatic heterocycles. The van der Waals surface area contributed by atoms with Gasteiger partial charge in [0.05, 0.1) is 5.69 Å². The second kappa shape index (κ2) is 5.19. The molecule has 0 bridgehead atoms. The van der Waals surface area contributed by atoms with Gasteiger partial charge in [0, 0.05) is 9.75 Å². The summed E-state index contributed by atoms with van der Waals surface area (Å²) in [6, 6.07) is 1.59. The van der Waals surface area contributed by atoms with Crippen molar-refractivity contribution in [2.24, 2.45) is 0 Å². The van der Waals surface area contributed by atoms with Gasteiger partial charge in [-0.15, -0.1) is 22.7 Å². The van der Waals surface area contributed by atoms with Crippen molar-refractivity contribution in [3.05, 3.63) is 31.6 Å². The van der Waals surface area contributed by atoms with E-state index >= 15 is 0 Å². The molecule has 2 aromatic rings. The van der Waals surface area contributed by atoms with Crippen LogP contribution in [-0.2, 0) is 10.0 Å². The molecular weight excluding hydrogens is 318 g/mol. The van der Waals surface area contributed by atoms with Crippen molar-refractivity contribution in [2.75, 3.05) is 4.72 Å². The van der Waals surface area contributed by atoms with Crippen LogP contribution in [0.15, 0.2) is 16.3 Å². The molecule has 0 saturated carbocycles. The van der Waals surface area contributed by atoms with Gasteiger partial charge >= 0.3 is 5.97 Å². The molecule has 108 valence electrons. The summed E-state index contributed by atoms with van der Waals surface area (Å²) >= 11 is 2.40. The zero-order valence-electron chi connectivity index (χ0n) is 11.1. The Labute approximate surface area is 124 Å². The lowest BCUT2D eigenvalue weighted by atomic mass is 10.3. The van der Waals surface area contributed by atoms with Crippen LogP contribution in [-0.4, -0.2) is 19.5 Å². The zero-order valence-corrected chi connectivity index (χ0v) is 13.5. The summed E-state index contributed by atoms with van der Waals surface area (Å²) in [5, 5.41) is 10.7. The Morgan fingerprint density at radius 1 is 1.30 bits per heavy atom. The third kappa shape index (κ3) is 2.72. The number of carbonyl (C=O) groups is 1. The minimum absolute atomic E-state index is 0.00400. The summed E-state index contributed by atoms with van der Waals surface area (Å²) in [5.41, 5.74) is 0.742. The number of aromatic carboxylic acids is 1. The van der Waals surface area contributed by atoms with E-state index in [1.165, 1.54) is 11.3 Å². The van der Waals surface area contributed by atoms with Gasteiger partial charge in [-0.1, -0.05) is 0 Å². The third-order valence-electron chi connectivity index (χ3n) is 2.69. The van der Waals surface area contributed by atoms with Gasteiger partial charge in [0.25, 0.3) is 10.0 Å². The van der Waals surface area contributed by atoms with Crippen LogP contribution in [0, 0.1) is 20.8 Å². The molecule has 0 spiro atoms. The lowest BCUT2D eigenvalue weighted by Gasteiger charge is -2.08. The average Bonchev–Trinajstić information content (AvgIpc) is 2.83.